The number of nitrogens with zero attached hydrogens (tertiary/aromatic N) is 7. The van der Waals surface area contributed by atoms with Crippen LogP contribution in [0.1, 0.15) is 43.5 Å². The van der Waals surface area contributed by atoms with Crippen molar-refractivity contribution >= 4 is 17.0 Å². The van der Waals surface area contributed by atoms with Crippen molar-refractivity contribution in [2.75, 3.05) is 18.0 Å². The van der Waals surface area contributed by atoms with Gasteiger partial charge in [0.05, 0.1) is 11.9 Å². The SMILES string of the molecule is O=c1[nH]c(N2CCC[C@@H](c3nncn3C3CC3)C2)nc2c1cnn2-c1ccccc1. The number of para-hydroxylation sites is 1. The van der Waals surface area contributed by atoms with Crippen LogP contribution < -0.4 is 10.5 Å². The zero-order chi connectivity index (χ0) is 20.1. The zero-order valence-corrected chi connectivity index (χ0v) is 16.5. The molecule has 1 aliphatic heterocycles. The van der Waals surface area contributed by atoms with Crippen LogP contribution in [-0.2, 0) is 0 Å². The average Bonchev–Trinajstić information content (AvgIpc) is 3.34. The van der Waals surface area contributed by atoms with Crippen molar-refractivity contribution < 1.29 is 0 Å². The maximum Gasteiger partial charge on any atom is 0.263 e. The molecule has 9 heteroatoms. The van der Waals surface area contributed by atoms with Gasteiger partial charge in [-0.05, 0) is 37.8 Å². The lowest BCUT2D eigenvalue weighted by Crippen LogP contribution is -2.37. The number of fused-ring (bicyclic) bond motifs is 1. The highest BCUT2D eigenvalue weighted by Gasteiger charge is 2.32. The van der Waals surface area contributed by atoms with Crippen molar-refractivity contribution in [2.45, 2.75) is 37.6 Å². The number of nitrogens with one attached hydrogen (secondary N) is 1. The average molecular weight is 402 g/mol. The highest BCUT2D eigenvalue weighted by Crippen LogP contribution is 2.38. The molecule has 1 saturated heterocycles. The van der Waals surface area contributed by atoms with E-state index in [1.54, 1.807) is 10.9 Å². The molecule has 9 nitrogen and oxygen atoms in total. The molecule has 2 fully saturated rings. The first-order valence-corrected chi connectivity index (χ1v) is 10.5. The molecular weight excluding hydrogens is 380 g/mol. The maximum atomic E-state index is 12.7. The molecule has 3 aromatic heterocycles. The molecule has 1 saturated carbocycles. The fourth-order valence-corrected chi connectivity index (χ4v) is 4.37. The first-order chi connectivity index (χ1) is 14.8. The molecular formula is C21H22N8O. The fourth-order valence-electron chi connectivity index (χ4n) is 4.37. The Balaban J connectivity index is 1.36. The maximum absolute atomic E-state index is 12.7. The molecule has 30 heavy (non-hydrogen) atoms. The first kappa shape index (κ1) is 17.4. The van der Waals surface area contributed by atoms with Crippen molar-refractivity contribution in [2.24, 2.45) is 0 Å². The van der Waals surface area contributed by atoms with Gasteiger partial charge in [-0.25, -0.2) is 4.68 Å². The van der Waals surface area contributed by atoms with Crippen LogP contribution in [0.15, 0.2) is 47.7 Å². The standard InChI is InChI=1S/C21H22N8O/c30-20-17-11-23-29(16-6-2-1-3-7-16)19(17)24-21(25-20)27-10-4-5-14(12-27)18-26-22-13-28(18)15-8-9-15/h1-3,6-7,11,13-15H,4-5,8-10,12H2,(H,24,25,30)/t14-/m1/s1. The van der Waals surface area contributed by atoms with E-state index >= 15 is 0 Å². The molecule has 1 N–H and O–H groups in total. The van der Waals surface area contributed by atoms with Gasteiger partial charge in [0.2, 0.25) is 5.95 Å². The fraction of sp³-hybridized carbons (Fsp3) is 0.381. The highest BCUT2D eigenvalue weighted by atomic mass is 16.1. The number of rotatable bonds is 4. The van der Waals surface area contributed by atoms with Crippen LogP contribution in [0.4, 0.5) is 5.95 Å². The van der Waals surface area contributed by atoms with Crippen molar-refractivity contribution in [3.63, 3.8) is 0 Å². The topological polar surface area (TPSA) is 97.5 Å². The third-order valence-electron chi connectivity index (χ3n) is 6.05. The smallest absolute Gasteiger partial charge is 0.263 e. The van der Waals surface area contributed by atoms with Crippen LogP contribution in [0.3, 0.4) is 0 Å². The van der Waals surface area contributed by atoms with E-state index < -0.39 is 0 Å². The summed E-state index contributed by atoms with van der Waals surface area (Å²) in [4.78, 5) is 22.7. The molecule has 0 radical (unpaired) electrons. The van der Waals surface area contributed by atoms with Gasteiger partial charge in [0, 0.05) is 25.0 Å². The van der Waals surface area contributed by atoms with Gasteiger partial charge in [0.25, 0.3) is 5.56 Å². The molecule has 0 amide bonds. The minimum absolute atomic E-state index is 0.166. The molecule has 1 atom stereocenters. The van der Waals surface area contributed by atoms with Crippen LogP contribution in [0, 0.1) is 0 Å². The second-order valence-electron chi connectivity index (χ2n) is 8.13. The number of aromatic nitrogens is 7. The molecule has 1 aliphatic carbocycles. The Morgan fingerprint density at radius 1 is 1.10 bits per heavy atom. The Bertz CT molecular complexity index is 1250. The number of H-pyrrole nitrogens is 1. The van der Waals surface area contributed by atoms with E-state index in [2.05, 4.69) is 29.7 Å². The van der Waals surface area contributed by atoms with Crippen molar-refractivity contribution in [3.05, 3.63) is 59.0 Å². The molecule has 6 rings (SSSR count). The number of hydrogen-bond donors (Lipinski definition) is 1. The van der Waals surface area contributed by atoms with Gasteiger partial charge in [-0.15, -0.1) is 10.2 Å². The molecule has 0 spiro atoms. The minimum atomic E-state index is -0.166. The van der Waals surface area contributed by atoms with Crippen LogP contribution in [0.2, 0.25) is 0 Å². The van der Waals surface area contributed by atoms with E-state index in [0.29, 0.717) is 23.0 Å². The molecule has 4 heterocycles. The summed E-state index contributed by atoms with van der Waals surface area (Å²) in [6.07, 6.45) is 7.93. The monoisotopic (exact) mass is 402 g/mol. The van der Waals surface area contributed by atoms with Gasteiger partial charge in [0.15, 0.2) is 5.65 Å². The van der Waals surface area contributed by atoms with E-state index in [1.165, 1.54) is 12.8 Å². The summed E-state index contributed by atoms with van der Waals surface area (Å²) in [6, 6.07) is 10.3. The molecule has 4 aromatic rings. The number of benzene rings is 1. The summed E-state index contributed by atoms with van der Waals surface area (Å²) in [5.41, 5.74) is 1.29. The quantitative estimate of drug-likeness (QED) is 0.563. The predicted molar refractivity (Wildman–Crippen MR) is 112 cm³/mol. The number of aromatic amines is 1. The Hall–Kier alpha value is -3.49. The summed E-state index contributed by atoms with van der Waals surface area (Å²) in [7, 11) is 0. The zero-order valence-electron chi connectivity index (χ0n) is 16.5. The molecule has 0 unspecified atom stereocenters. The van der Waals surface area contributed by atoms with Crippen LogP contribution in [-0.4, -0.2) is 47.6 Å². The second kappa shape index (κ2) is 6.79. The lowest BCUT2D eigenvalue weighted by Gasteiger charge is -2.32. The van der Waals surface area contributed by atoms with E-state index in [1.807, 2.05) is 36.7 Å². The highest BCUT2D eigenvalue weighted by molar-refractivity contribution is 5.76. The Kier molecular flexibility index (Phi) is 3.93. The van der Waals surface area contributed by atoms with Gasteiger partial charge < -0.3 is 9.47 Å². The largest absolute Gasteiger partial charge is 0.342 e. The van der Waals surface area contributed by atoms with E-state index in [9.17, 15) is 4.79 Å². The van der Waals surface area contributed by atoms with Crippen molar-refractivity contribution in [1.82, 2.24) is 34.5 Å². The van der Waals surface area contributed by atoms with E-state index in [4.69, 9.17) is 4.98 Å². The third kappa shape index (κ3) is 2.89. The second-order valence-corrected chi connectivity index (χ2v) is 8.13. The van der Waals surface area contributed by atoms with Crippen molar-refractivity contribution in [1.29, 1.82) is 0 Å². The third-order valence-corrected chi connectivity index (χ3v) is 6.05. The van der Waals surface area contributed by atoms with Gasteiger partial charge in [-0.3, -0.25) is 9.78 Å². The van der Waals surface area contributed by atoms with Crippen molar-refractivity contribution in [3.8, 4) is 5.69 Å². The van der Waals surface area contributed by atoms with Crippen LogP contribution >= 0.6 is 0 Å². The van der Waals surface area contributed by atoms with Crippen LogP contribution in [0.5, 0.6) is 0 Å². The predicted octanol–water partition coefficient (Wildman–Crippen LogP) is 2.42. The Morgan fingerprint density at radius 2 is 1.97 bits per heavy atom. The van der Waals surface area contributed by atoms with Gasteiger partial charge in [0.1, 0.15) is 17.5 Å². The summed E-state index contributed by atoms with van der Waals surface area (Å²) in [5, 5.41) is 13.5. The molecule has 1 aromatic carbocycles. The molecule has 152 valence electrons. The molecule has 2 aliphatic rings. The van der Waals surface area contributed by atoms with Gasteiger partial charge in [-0.1, -0.05) is 18.2 Å². The van der Waals surface area contributed by atoms with Crippen LogP contribution in [0.25, 0.3) is 16.7 Å². The Morgan fingerprint density at radius 3 is 2.80 bits per heavy atom. The normalized spacial score (nSPS) is 19.5. The van der Waals surface area contributed by atoms with Gasteiger partial charge in [-0.2, -0.15) is 10.1 Å². The number of piperidine rings is 1. The van der Waals surface area contributed by atoms with E-state index in [0.717, 1.165) is 37.4 Å². The number of hydrogen-bond acceptors (Lipinski definition) is 6. The summed E-state index contributed by atoms with van der Waals surface area (Å²) in [6.45, 7) is 1.61. The Labute approximate surface area is 172 Å². The molecule has 0 bridgehead atoms. The van der Waals surface area contributed by atoms with E-state index in [-0.39, 0.29) is 11.5 Å². The lowest BCUT2D eigenvalue weighted by molar-refractivity contribution is 0.466. The lowest BCUT2D eigenvalue weighted by atomic mass is 9.97. The summed E-state index contributed by atoms with van der Waals surface area (Å²) >= 11 is 0. The minimum Gasteiger partial charge on any atom is -0.342 e. The summed E-state index contributed by atoms with van der Waals surface area (Å²) in [5.74, 6) is 1.93. The van der Waals surface area contributed by atoms with Gasteiger partial charge >= 0.3 is 0 Å². The first-order valence-electron chi connectivity index (χ1n) is 10.5. The number of anilines is 1. The summed E-state index contributed by atoms with van der Waals surface area (Å²) < 4.78 is 3.96.